The van der Waals surface area contributed by atoms with E-state index in [0.29, 0.717) is 25.0 Å². The first-order valence-electron chi connectivity index (χ1n) is 12.1. The third-order valence-electron chi connectivity index (χ3n) is 7.65. The molecule has 0 saturated carbocycles. The first kappa shape index (κ1) is 23.7. The number of hydrogen-bond donors (Lipinski definition) is 2. The standard InChI is InChI=1S/C27H30N2O5S/c1-35-13-12-23(25(30)29-16-10-11-24(29)21(14-16)26(31)32)28-27(33)34-15-22-19-8-4-2-6-17(19)18-7-3-5-9-20(18)22/h2-9,16,21-24H,10-15H2,1H3,(H,28,33)(H,31,32)/t16-,21+,23+,24+/m1/s1. The van der Waals surface area contributed by atoms with Gasteiger partial charge in [-0.15, -0.1) is 0 Å². The quantitative estimate of drug-likeness (QED) is 0.573. The fourth-order valence-electron chi connectivity index (χ4n) is 6.05. The molecule has 184 valence electrons. The lowest BCUT2D eigenvalue weighted by atomic mass is 9.89. The van der Waals surface area contributed by atoms with E-state index < -0.39 is 24.0 Å². The maximum Gasteiger partial charge on any atom is 0.407 e. The predicted octanol–water partition coefficient (Wildman–Crippen LogP) is 4.11. The molecule has 8 heteroatoms. The maximum atomic E-state index is 13.5. The lowest BCUT2D eigenvalue weighted by Crippen LogP contribution is -2.51. The van der Waals surface area contributed by atoms with Crippen LogP contribution in [-0.2, 0) is 14.3 Å². The van der Waals surface area contributed by atoms with E-state index in [4.69, 9.17) is 4.74 Å². The second kappa shape index (κ2) is 9.93. The van der Waals surface area contributed by atoms with E-state index in [1.165, 1.54) is 0 Å². The molecule has 2 heterocycles. The summed E-state index contributed by atoms with van der Waals surface area (Å²) in [6.45, 7) is 0.180. The number of thioether (sulfide) groups is 1. The smallest absolute Gasteiger partial charge is 0.407 e. The Morgan fingerprint density at radius 2 is 1.74 bits per heavy atom. The molecule has 2 bridgehead atoms. The largest absolute Gasteiger partial charge is 0.481 e. The summed E-state index contributed by atoms with van der Waals surface area (Å²) in [5.41, 5.74) is 4.57. The molecule has 0 aromatic heterocycles. The minimum Gasteiger partial charge on any atom is -0.481 e. The second-order valence-corrected chi connectivity index (χ2v) is 10.5. The van der Waals surface area contributed by atoms with Crippen LogP contribution in [0.1, 0.15) is 42.7 Å². The Kier molecular flexibility index (Phi) is 6.73. The van der Waals surface area contributed by atoms with Gasteiger partial charge in [-0.05, 0) is 59.9 Å². The van der Waals surface area contributed by atoms with Gasteiger partial charge in [0.05, 0.1) is 5.92 Å². The number of carboxylic acids is 1. The fourth-order valence-corrected chi connectivity index (χ4v) is 6.52. The van der Waals surface area contributed by atoms with Crippen LogP contribution in [0.15, 0.2) is 48.5 Å². The summed E-state index contributed by atoms with van der Waals surface area (Å²) in [5.74, 6) is -0.914. The lowest BCUT2D eigenvalue weighted by Gasteiger charge is -2.28. The van der Waals surface area contributed by atoms with Crippen molar-refractivity contribution in [1.29, 1.82) is 0 Å². The van der Waals surface area contributed by atoms with Gasteiger partial charge in [0, 0.05) is 18.0 Å². The predicted molar refractivity (Wildman–Crippen MR) is 134 cm³/mol. The van der Waals surface area contributed by atoms with Gasteiger partial charge in [-0.25, -0.2) is 4.79 Å². The van der Waals surface area contributed by atoms with Crippen LogP contribution in [0.4, 0.5) is 4.79 Å². The van der Waals surface area contributed by atoms with Crippen molar-refractivity contribution < 1.29 is 24.2 Å². The van der Waals surface area contributed by atoms with Gasteiger partial charge in [0.25, 0.3) is 0 Å². The number of nitrogens with zero attached hydrogens (tertiary/aromatic N) is 1. The van der Waals surface area contributed by atoms with Gasteiger partial charge in [-0.3, -0.25) is 9.59 Å². The number of amides is 2. The Morgan fingerprint density at radius 3 is 2.34 bits per heavy atom. The minimum absolute atomic E-state index is 0.0562. The van der Waals surface area contributed by atoms with E-state index in [0.717, 1.165) is 28.7 Å². The van der Waals surface area contributed by atoms with Crippen LogP contribution in [0.5, 0.6) is 0 Å². The molecule has 35 heavy (non-hydrogen) atoms. The summed E-state index contributed by atoms with van der Waals surface area (Å²) in [6.07, 6.45) is 3.82. The van der Waals surface area contributed by atoms with Crippen LogP contribution in [0.25, 0.3) is 11.1 Å². The third-order valence-corrected chi connectivity index (χ3v) is 8.30. The van der Waals surface area contributed by atoms with Crippen LogP contribution in [0.3, 0.4) is 0 Å². The van der Waals surface area contributed by atoms with Crippen molar-refractivity contribution in [3.63, 3.8) is 0 Å². The Labute approximate surface area is 209 Å². The molecule has 2 aromatic rings. The third kappa shape index (κ3) is 4.40. The molecule has 2 fully saturated rings. The van der Waals surface area contributed by atoms with E-state index >= 15 is 0 Å². The summed E-state index contributed by atoms with van der Waals surface area (Å²) >= 11 is 1.60. The normalized spacial score (nSPS) is 23.0. The molecular weight excluding hydrogens is 464 g/mol. The zero-order chi connectivity index (χ0) is 24.5. The lowest BCUT2D eigenvalue weighted by molar-refractivity contribution is -0.143. The molecule has 2 amide bonds. The van der Waals surface area contributed by atoms with Crippen molar-refractivity contribution in [2.45, 2.75) is 49.7 Å². The van der Waals surface area contributed by atoms with Gasteiger partial charge in [-0.2, -0.15) is 11.8 Å². The van der Waals surface area contributed by atoms with Crippen molar-refractivity contribution in [3.05, 3.63) is 59.7 Å². The number of hydrogen-bond acceptors (Lipinski definition) is 5. The van der Waals surface area contributed by atoms with Gasteiger partial charge in [0.1, 0.15) is 12.6 Å². The van der Waals surface area contributed by atoms with Crippen LogP contribution in [0.2, 0.25) is 0 Å². The monoisotopic (exact) mass is 494 g/mol. The number of ether oxygens (including phenoxy) is 1. The van der Waals surface area contributed by atoms with Crippen molar-refractivity contribution in [2.24, 2.45) is 5.92 Å². The van der Waals surface area contributed by atoms with Crippen LogP contribution in [-0.4, -0.2) is 64.7 Å². The SMILES string of the molecule is CSCC[C@H](NC(=O)OCC1c2ccccc2-c2ccccc21)C(=O)N1[C@@H]2CC[C@H]1[C@@H](C(=O)O)C2. The number of carboxylic acid groups (broad SMARTS) is 1. The van der Waals surface area contributed by atoms with E-state index in [-0.39, 0.29) is 30.5 Å². The zero-order valence-electron chi connectivity index (χ0n) is 19.7. The average molecular weight is 495 g/mol. The zero-order valence-corrected chi connectivity index (χ0v) is 20.5. The Morgan fingerprint density at radius 1 is 1.09 bits per heavy atom. The number of rotatable bonds is 8. The number of alkyl carbamates (subject to hydrolysis) is 1. The second-order valence-electron chi connectivity index (χ2n) is 9.53. The summed E-state index contributed by atoms with van der Waals surface area (Å²) in [4.78, 5) is 39.7. The highest BCUT2D eigenvalue weighted by Gasteiger charge is 2.52. The maximum absolute atomic E-state index is 13.5. The number of nitrogens with one attached hydrogen (secondary N) is 1. The highest BCUT2D eigenvalue weighted by molar-refractivity contribution is 7.98. The molecule has 1 aliphatic carbocycles. The molecule has 0 unspecified atom stereocenters. The van der Waals surface area contributed by atoms with E-state index in [2.05, 4.69) is 29.6 Å². The first-order valence-corrected chi connectivity index (χ1v) is 13.5. The van der Waals surface area contributed by atoms with E-state index in [1.807, 2.05) is 30.5 Å². The molecule has 4 atom stereocenters. The molecule has 2 N–H and O–H groups in total. The highest BCUT2D eigenvalue weighted by Crippen LogP contribution is 2.45. The van der Waals surface area contributed by atoms with Crippen LogP contribution in [0, 0.1) is 5.92 Å². The molecule has 3 aliphatic rings. The van der Waals surface area contributed by atoms with Gasteiger partial charge >= 0.3 is 12.1 Å². The molecule has 7 nitrogen and oxygen atoms in total. The number of carbonyl (C=O) groups excluding carboxylic acids is 2. The first-order chi connectivity index (χ1) is 17.0. The van der Waals surface area contributed by atoms with Crippen LogP contribution < -0.4 is 5.32 Å². The Hall–Kier alpha value is -3.00. The summed E-state index contributed by atoms with van der Waals surface area (Å²) in [7, 11) is 0. The Balaban J connectivity index is 1.26. The molecule has 0 spiro atoms. The summed E-state index contributed by atoms with van der Waals surface area (Å²) in [6, 6.07) is 15.2. The number of carbonyl (C=O) groups is 3. The van der Waals surface area contributed by atoms with Gasteiger partial charge in [0.15, 0.2) is 0 Å². The minimum atomic E-state index is -0.847. The molecule has 2 aliphatic heterocycles. The topological polar surface area (TPSA) is 95.9 Å². The summed E-state index contributed by atoms with van der Waals surface area (Å²) in [5, 5.41) is 12.3. The molecule has 5 rings (SSSR count). The van der Waals surface area contributed by atoms with Gasteiger partial charge in [-0.1, -0.05) is 48.5 Å². The van der Waals surface area contributed by atoms with Gasteiger partial charge in [0.2, 0.25) is 5.91 Å². The number of benzene rings is 2. The van der Waals surface area contributed by atoms with E-state index in [1.54, 1.807) is 16.7 Å². The molecule has 0 radical (unpaired) electrons. The Bertz CT molecular complexity index is 1090. The number of fused-ring (bicyclic) bond motifs is 5. The molecule has 2 aromatic carbocycles. The van der Waals surface area contributed by atoms with Crippen molar-refractivity contribution >= 4 is 29.7 Å². The van der Waals surface area contributed by atoms with E-state index in [9.17, 15) is 19.5 Å². The molecule has 2 saturated heterocycles. The van der Waals surface area contributed by atoms with Crippen molar-refractivity contribution in [1.82, 2.24) is 10.2 Å². The van der Waals surface area contributed by atoms with Gasteiger partial charge < -0.3 is 20.1 Å². The summed E-state index contributed by atoms with van der Waals surface area (Å²) < 4.78 is 5.67. The van der Waals surface area contributed by atoms with Crippen LogP contribution >= 0.6 is 11.8 Å². The molecular formula is C27H30N2O5S. The fraction of sp³-hybridized carbons (Fsp3) is 0.444. The average Bonchev–Trinajstić information content (AvgIpc) is 3.54. The van der Waals surface area contributed by atoms with Crippen molar-refractivity contribution in [2.75, 3.05) is 18.6 Å². The highest BCUT2D eigenvalue weighted by atomic mass is 32.2. The number of aliphatic carboxylic acids is 1. The van der Waals surface area contributed by atoms with Crippen molar-refractivity contribution in [3.8, 4) is 11.1 Å².